The lowest BCUT2D eigenvalue weighted by Gasteiger charge is -2.18. The number of unbranched alkanes of at least 4 members (excludes halogenated alkanes) is 1. The molecule has 0 unspecified atom stereocenters. The summed E-state index contributed by atoms with van der Waals surface area (Å²) in [4.78, 5) is 0. The second-order valence-corrected chi connectivity index (χ2v) is 8.90. The van der Waals surface area contributed by atoms with Gasteiger partial charge in [0.2, 0.25) is 0 Å². The third-order valence-corrected chi connectivity index (χ3v) is 6.90. The number of rotatable bonds is 9. The summed E-state index contributed by atoms with van der Waals surface area (Å²) in [6.07, 6.45) is 3.84. The quantitative estimate of drug-likeness (QED) is 0.291. The highest BCUT2D eigenvalue weighted by Crippen LogP contribution is 2.52. The maximum atomic E-state index is 13.0. The minimum Gasteiger partial charge on any atom is -0.309 e. The van der Waals surface area contributed by atoms with E-state index in [2.05, 4.69) is 43.3 Å². The average Bonchev–Trinajstić information content (AvgIpc) is 2.66. The Balaban J connectivity index is 2.03. The van der Waals surface area contributed by atoms with Crippen molar-refractivity contribution >= 4 is 29.1 Å². The molecule has 0 aliphatic carbocycles. The molecule has 4 heteroatoms. The van der Waals surface area contributed by atoms with Crippen molar-refractivity contribution in [2.75, 3.05) is 13.2 Å². The van der Waals surface area contributed by atoms with Crippen LogP contribution in [-0.2, 0) is 26.2 Å². The first-order valence-electron chi connectivity index (χ1n) is 9.91. The fraction of sp³-hybridized carbons (Fsp3) is 0.391. The Labute approximate surface area is 162 Å². The minimum absolute atomic E-state index is 0.298. The summed E-state index contributed by atoms with van der Waals surface area (Å²) in [6, 6.07) is 17.2. The van der Waals surface area contributed by atoms with Gasteiger partial charge in [-0.25, -0.2) is 0 Å². The zero-order valence-corrected chi connectivity index (χ0v) is 17.4. The van der Waals surface area contributed by atoms with Crippen LogP contribution in [0.15, 0.2) is 48.5 Å². The highest BCUT2D eigenvalue weighted by Gasteiger charge is 2.25. The highest BCUT2D eigenvalue weighted by atomic mass is 31.2. The van der Waals surface area contributed by atoms with Gasteiger partial charge in [0.15, 0.2) is 0 Å². The predicted octanol–water partition coefficient (Wildman–Crippen LogP) is 7.10. The van der Waals surface area contributed by atoms with E-state index < -0.39 is 7.60 Å². The van der Waals surface area contributed by atoms with E-state index in [0.717, 1.165) is 17.4 Å². The van der Waals surface area contributed by atoms with Gasteiger partial charge in [0.05, 0.1) is 19.4 Å². The summed E-state index contributed by atoms with van der Waals surface area (Å²) in [7, 11) is -3.13. The average molecular weight is 384 g/mol. The van der Waals surface area contributed by atoms with E-state index in [0.29, 0.717) is 19.4 Å². The summed E-state index contributed by atoms with van der Waals surface area (Å²) >= 11 is 0. The van der Waals surface area contributed by atoms with Gasteiger partial charge in [-0.1, -0.05) is 61.9 Å². The number of aryl methyl sites for hydroxylation is 1. The highest BCUT2D eigenvalue weighted by molar-refractivity contribution is 7.53. The second kappa shape index (κ2) is 9.01. The maximum Gasteiger partial charge on any atom is 0.335 e. The van der Waals surface area contributed by atoms with Gasteiger partial charge in [0, 0.05) is 0 Å². The molecule has 3 aromatic carbocycles. The number of hydrogen-bond acceptors (Lipinski definition) is 3. The van der Waals surface area contributed by atoms with Crippen LogP contribution in [0.5, 0.6) is 0 Å². The molecule has 3 aromatic rings. The topological polar surface area (TPSA) is 35.5 Å². The van der Waals surface area contributed by atoms with E-state index in [1.54, 1.807) is 0 Å². The molecular weight excluding hydrogens is 355 g/mol. The third-order valence-electron chi connectivity index (χ3n) is 4.87. The lowest BCUT2D eigenvalue weighted by atomic mass is 9.96. The molecule has 0 fully saturated rings. The van der Waals surface area contributed by atoms with Gasteiger partial charge in [0.1, 0.15) is 0 Å². The Hall–Kier alpha value is -1.67. The first kappa shape index (κ1) is 20.1. The van der Waals surface area contributed by atoms with Crippen LogP contribution in [-0.4, -0.2) is 13.2 Å². The Morgan fingerprint density at radius 1 is 0.852 bits per heavy atom. The van der Waals surface area contributed by atoms with E-state index in [-0.39, 0.29) is 0 Å². The van der Waals surface area contributed by atoms with Gasteiger partial charge in [0.25, 0.3) is 0 Å². The van der Waals surface area contributed by atoms with Gasteiger partial charge in [-0.05, 0) is 59.4 Å². The van der Waals surface area contributed by atoms with Gasteiger partial charge in [-0.3, -0.25) is 4.57 Å². The molecule has 0 aromatic heterocycles. The Morgan fingerprint density at radius 3 is 2.30 bits per heavy atom. The lowest BCUT2D eigenvalue weighted by Crippen LogP contribution is -1.99. The van der Waals surface area contributed by atoms with Crippen LogP contribution in [0, 0.1) is 0 Å². The number of benzene rings is 3. The minimum atomic E-state index is -3.13. The third kappa shape index (κ3) is 4.60. The molecule has 0 atom stereocenters. The molecule has 144 valence electrons. The zero-order chi connectivity index (χ0) is 19.3. The fourth-order valence-corrected chi connectivity index (χ4v) is 5.35. The molecule has 3 nitrogen and oxygen atoms in total. The summed E-state index contributed by atoms with van der Waals surface area (Å²) < 4.78 is 24.0. The van der Waals surface area contributed by atoms with E-state index in [9.17, 15) is 4.57 Å². The number of fused-ring (bicyclic) bond motifs is 3. The van der Waals surface area contributed by atoms with Crippen molar-refractivity contribution in [1.82, 2.24) is 0 Å². The molecule has 0 saturated carbocycles. The standard InChI is InChI=1S/C23H29O3P/c1-4-7-9-18-12-14-21-19(16-18)13-15-22-20(10-8-11-23(21)22)17-27(24,25-5-2)26-6-3/h8,10-16H,4-7,9,17H2,1-3H3. The molecule has 3 rings (SSSR count). The van der Waals surface area contributed by atoms with E-state index in [1.165, 1.54) is 34.6 Å². The van der Waals surface area contributed by atoms with Gasteiger partial charge in [-0.2, -0.15) is 0 Å². The smallest absolute Gasteiger partial charge is 0.309 e. The van der Waals surface area contributed by atoms with E-state index in [4.69, 9.17) is 9.05 Å². The molecule has 0 radical (unpaired) electrons. The molecule has 0 saturated heterocycles. The monoisotopic (exact) mass is 384 g/mol. The Morgan fingerprint density at radius 2 is 1.59 bits per heavy atom. The van der Waals surface area contributed by atoms with Gasteiger partial charge < -0.3 is 9.05 Å². The van der Waals surface area contributed by atoms with Crippen molar-refractivity contribution in [3.05, 3.63) is 59.7 Å². The van der Waals surface area contributed by atoms with Crippen LogP contribution < -0.4 is 0 Å². The second-order valence-electron chi connectivity index (χ2n) is 6.84. The van der Waals surface area contributed by atoms with Gasteiger partial charge >= 0.3 is 7.60 Å². The normalized spacial score (nSPS) is 12.1. The Bertz CT molecular complexity index is 954. The van der Waals surface area contributed by atoms with Gasteiger partial charge in [-0.15, -0.1) is 0 Å². The van der Waals surface area contributed by atoms with Crippen molar-refractivity contribution in [2.24, 2.45) is 0 Å². The van der Waals surface area contributed by atoms with Crippen LogP contribution in [0.25, 0.3) is 21.5 Å². The fourth-order valence-electron chi connectivity index (χ4n) is 3.62. The van der Waals surface area contributed by atoms with Crippen molar-refractivity contribution in [3.63, 3.8) is 0 Å². The molecule has 0 bridgehead atoms. The lowest BCUT2D eigenvalue weighted by molar-refractivity contribution is 0.219. The summed E-state index contributed by atoms with van der Waals surface area (Å²) in [5.41, 5.74) is 2.40. The van der Waals surface area contributed by atoms with Crippen LogP contribution in [0.4, 0.5) is 0 Å². The number of hydrogen-bond donors (Lipinski definition) is 0. The molecule has 0 heterocycles. The maximum absolute atomic E-state index is 13.0. The molecular formula is C23H29O3P. The van der Waals surface area contributed by atoms with Crippen LogP contribution in [0.2, 0.25) is 0 Å². The molecule has 0 aliphatic rings. The zero-order valence-electron chi connectivity index (χ0n) is 16.5. The summed E-state index contributed by atoms with van der Waals surface area (Å²) in [5, 5.41) is 4.79. The first-order chi connectivity index (χ1) is 13.1. The Kier molecular flexibility index (Phi) is 6.70. The first-order valence-corrected chi connectivity index (χ1v) is 11.6. The SMILES string of the molecule is CCCCc1ccc2c(ccc3c(CP(=O)(OCC)OCC)cccc32)c1. The van der Waals surface area contributed by atoms with E-state index in [1.807, 2.05) is 26.0 Å². The molecule has 0 spiro atoms. The van der Waals surface area contributed by atoms with Crippen molar-refractivity contribution in [2.45, 2.75) is 46.2 Å². The molecule has 0 N–H and O–H groups in total. The van der Waals surface area contributed by atoms with E-state index >= 15 is 0 Å². The predicted molar refractivity (Wildman–Crippen MR) is 115 cm³/mol. The molecule has 0 amide bonds. The van der Waals surface area contributed by atoms with Crippen LogP contribution in [0.3, 0.4) is 0 Å². The molecule has 0 aliphatic heterocycles. The molecule has 27 heavy (non-hydrogen) atoms. The van der Waals surface area contributed by atoms with Crippen molar-refractivity contribution in [3.8, 4) is 0 Å². The van der Waals surface area contributed by atoms with Crippen molar-refractivity contribution in [1.29, 1.82) is 0 Å². The van der Waals surface area contributed by atoms with Crippen LogP contribution in [0.1, 0.15) is 44.7 Å². The summed E-state index contributed by atoms with van der Waals surface area (Å²) in [6.45, 7) is 6.67. The summed E-state index contributed by atoms with van der Waals surface area (Å²) in [5.74, 6) is 0. The largest absolute Gasteiger partial charge is 0.335 e. The van der Waals surface area contributed by atoms with Crippen LogP contribution >= 0.6 is 7.60 Å². The van der Waals surface area contributed by atoms with Crippen molar-refractivity contribution < 1.29 is 13.6 Å².